The van der Waals surface area contributed by atoms with E-state index < -0.39 is 0 Å². The molecule has 2 N–H and O–H groups in total. The minimum atomic E-state index is 0.385. The Bertz CT molecular complexity index is 383. The van der Waals surface area contributed by atoms with E-state index in [-0.39, 0.29) is 0 Å². The third-order valence-corrected chi connectivity index (χ3v) is 4.31. The van der Waals surface area contributed by atoms with Gasteiger partial charge >= 0.3 is 0 Å². The van der Waals surface area contributed by atoms with Crippen LogP contribution in [0.1, 0.15) is 36.6 Å². The molecule has 18 heavy (non-hydrogen) atoms. The lowest BCUT2D eigenvalue weighted by Gasteiger charge is -2.27. The molecule has 0 radical (unpaired) electrons. The van der Waals surface area contributed by atoms with Gasteiger partial charge in [0.05, 0.1) is 0 Å². The summed E-state index contributed by atoms with van der Waals surface area (Å²) in [6.45, 7) is 12.1. The number of benzene rings is 1. The maximum Gasteiger partial charge on any atom is 0.0470 e. The molecule has 0 aromatic heterocycles. The van der Waals surface area contributed by atoms with Gasteiger partial charge in [-0.05, 0) is 31.2 Å². The van der Waals surface area contributed by atoms with Crippen LogP contribution in [0.15, 0.2) is 18.2 Å². The van der Waals surface area contributed by atoms with Crippen molar-refractivity contribution in [2.75, 3.05) is 19.6 Å². The van der Waals surface area contributed by atoms with E-state index in [1.165, 1.54) is 29.8 Å². The third kappa shape index (κ3) is 2.76. The van der Waals surface area contributed by atoms with Crippen molar-refractivity contribution in [1.29, 1.82) is 0 Å². The highest BCUT2D eigenvalue weighted by atomic mass is 15.2. The van der Waals surface area contributed by atoms with Crippen molar-refractivity contribution in [1.82, 2.24) is 4.90 Å². The number of nitrogens with zero attached hydrogens (tertiary/aromatic N) is 1. The van der Waals surface area contributed by atoms with Crippen molar-refractivity contribution in [2.24, 2.45) is 17.6 Å². The van der Waals surface area contributed by atoms with Crippen molar-refractivity contribution in [2.45, 2.75) is 33.7 Å². The molecule has 1 heterocycles. The summed E-state index contributed by atoms with van der Waals surface area (Å²) in [7, 11) is 0. The van der Waals surface area contributed by atoms with E-state index in [2.05, 4.69) is 50.8 Å². The molecular weight excluding hydrogens is 220 g/mol. The number of hydrogen-bond donors (Lipinski definition) is 1. The molecule has 1 aliphatic heterocycles. The van der Waals surface area contributed by atoms with Gasteiger partial charge < -0.3 is 5.73 Å². The quantitative estimate of drug-likeness (QED) is 0.888. The maximum absolute atomic E-state index is 6.03. The lowest BCUT2D eigenvalue weighted by molar-refractivity contribution is 0.240. The van der Waals surface area contributed by atoms with Crippen LogP contribution < -0.4 is 5.73 Å². The maximum atomic E-state index is 6.03. The first-order chi connectivity index (χ1) is 8.51. The summed E-state index contributed by atoms with van der Waals surface area (Å²) in [5, 5.41) is 0. The van der Waals surface area contributed by atoms with Gasteiger partial charge in [-0.3, -0.25) is 4.90 Å². The Morgan fingerprint density at radius 1 is 1.11 bits per heavy atom. The number of aryl methyl sites for hydroxylation is 2. The van der Waals surface area contributed by atoms with Gasteiger partial charge in [-0.1, -0.05) is 43.2 Å². The average Bonchev–Trinajstić information content (AvgIpc) is 2.58. The van der Waals surface area contributed by atoms with Gasteiger partial charge in [0.25, 0.3) is 0 Å². The normalized spacial score (nSPS) is 26.5. The number of likely N-dealkylation sites (tertiary alicyclic amines) is 1. The van der Waals surface area contributed by atoms with Gasteiger partial charge in [-0.2, -0.15) is 0 Å². The smallest absolute Gasteiger partial charge is 0.0470 e. The molecule has 0 bridgehead atoms. The zero-order valence-electron chi connectivity index (χ0n) is 12.1. The van der Waals surface area contributed by atoms with Crippen LogP contribution in [-0.2, 0) is 0 Å². The second-order valence-corrected chi connectivity index (χ2v) is 6.08. The highest BCUT2D eigenvalue weighted by Crippen LogP contribution is 2.30. The molecule has 1 aliphatic rings. The Kier molecular flexibility index (Phi) is 4.08. The molecule has 2 nitrogen and oxygen atoms in total. The minimum absolute atomic E-state index is 0.385. The Balaban J connectivity index is 2.23. The van der Waals surface area contributed by atoms with Crippen LogP contribution in [0.3, 0.4) is 0 Å². The molecule has 0 saturated carbocycles. The van der Waals surface area contributed by atoms with Gasteiger partial charge in [0.15, 0.2) is 0 Å². The second kappa shape index (κ2) is 5.41. The van der Waals surface area contributed by atoms with E-state index in [1.807, 2.05) is 0 Å². The van der Waals surface area contributed by atoms with Gasteiger partial charge in [0.2, 0.25) is 0 Å². The molecule has 3 atom stereocenters. The molecule has 100 valence electrons. The Morgan fingerprint density at radius 3 is 2.06 bits per heavy atom. The van der Waals surface area contributed by atoms with Crippen LogP contribution in [0, 0.1) is 25.7 Å². The molecular formula is C16H26N2. The highest BCUT2D eigenvalue weighted by molar-refractivity contribution is 5.31. The van der Waals surface area contributed by atoms with Crippen LogP contribution >= 0.6 is 0 Å². The highest BCUT2D eigenvalue weighted by Gasteiger charge is 2.31. The monoisotopic (exact) mass is 246 g/mol. The van der Waals surface area contributed by atoms with Crippen molar-refractivity contribution < 1.29 is 0 Å². The third-order valence-electron chi connectivity index (χ3n) is 4.31. The minimum Gasteiger partial charge on any atom is -0.329 e. The van der Waals surface area contributed by atoms with Crippen LogP contribution in [0.5, 0.6) is 0 Å². The molecule has 3 unspecified atom stereocenters. The first-order valence-electron chi connectivity index (χ1n) is 7.03. The van der Waals surface area contributed by atoms with E-state index >= 15 is 0 Å². The van der Waals surface area contributed by atoms with E-state index in [4.69, 9.17) is 5.73 Å². The molecule has 2 heteroatoms. The van der Waals surface area contributed by atoms with Crippen LogP contribution in [0.2, 0.25) is 0 Å². The topological polar surface area (TPSA) is 29.3 Å². The van der Waals surface area contributed by atoms with Gasteiger partial charge in [0, 0.05) is 25.7 Å². The molecule has 0 amide bonds. The van der Waals surface area contributed by atoms with E-state index in [1.54, 1.807) is 0 Å². The molecule has 1 saturated heterocycles. The van der Waals surface area contributed by atoms with E-state index in [0.717, 1.165) is 11.8 Å². The average molecular weight is 246 g/mol. The van der Waals surface area contributed by atoms with Gasteiger partial charge in [0.1, 0.15) is 0 Å². The summed E-state index contributed by atoms with van der Waals surface area (Å²) in [6, 6.07) is 7.19. The summed E-state index contributed by atoms with van der Waals surface area (Å²) < 4.78 is 0. The lowest BCUT2D eigenvalue weighted by atomic mass is 10.0. The lowest BCUT2D eigenvalue weighted by Crippen LogP contribution is -2.32. The van der Waals surface area contributed by atoms with E-state index in [0.29, 0.717) is 12.6 Å². The summed E-state index contributed by atoms with van der Waals surface area (Å²) in [5.41, 5.74) is 10.1. The summed E-state index contributed by atoms with van der Waals surface area (Å²) in [6.07, 6.45) is 0. The number of rotatable bonds is 3. The fourth-order valence-electron chi connectivity index (χ4n) is 3.13. The van der Waals surface area contributed by atoms with Crippen LogP contribution in [0.4, 0.5) is 0 Å². The van der Waals surface area contributed by atoms with Gasteiger partial charge in [-0.25, -0.2) is 0 Å². The van der Waals surface area contributed by atoms with Gasteiger partial charge in [-0.15, -0.1) is 0 Å². The Morgan fingerprint density at radius 2 is 1.61 bits per heavy atom. The molecule has 0 spiro atoms. The van der Waals surface area contributed by atoms with Crippen LogP contribution in [-0.4, -0.2) is 24.5 Å². The zero-order valence-corrected chi connectivity index (χ0v) is 12.1. The fourth-order valence-corrected chi connectivity index (χ4v) is 3.13. The summed E-state index contributed by atoms with van der Waals surface area (Å²) in [5.74, 6) is 1.56. The van der Waals surface area contributed by atoms with Crippen molar-refractivity contribution >= 4 is 0 Å². The fraction of sp³-hybridized carbons (Fsp3) is 0.625. The zero-order chi connectivity index (χ0) is 13.3. The van der Waals surface area contributed by atoms with E-state index in [9.17, 15) is 0 Å². The predicted molar refractivity (Wildman–Crippen MR) is 77.6 cm³/mol. The number of nitrogens with two attached hydrogens (primary N) is 1. The summed E-state index contributed by atoms with van der Waals surface area (Å²) >= 11 is 0. The Labute approximate surface area is 111 Å². The SMILES string of the molecule is Cc1cc(C)cc(C(CN)N2CC(C)C(C)C2)c1. The largest absolute Gasteiger partial charge is 0.329 e. The van der Waals surface area contributed by atoms with Crippen LogP contribution in [0.25, 0.3) is 0 Å². The van der Waals surface area contributed by atoms with Crippen molar-refractivity contribution in [3.8, 4) is 0 Å². The summed E-state index contributed by atoms with van der Waals surface area (Å²) in [4.78, 5) is 2.56. The molecule has 2 rings (SSSR count). The molecule has 1 aromatic rings. The molecule has 1 fully saturated rings. The second-order valence-electron chi connectivity index (χ2n) is 6.08. The van der Waals surface area contributed by atoms with Crippen molar-refractivity contribution in [3.05, 3.63) is 34.9 Å². The number of hydrogen-bond acceptors (Lipinski definition) is 2. The first kappa shape index (κ1) is 13.6. The first-order valence-corrected chi connectivity index (χ1v) is 7.03. The molecule has 0 aliphatic carbocycles. The predicted octanol–water partition coefficient (Wildman–Crippen LogP) is 2.89. The van der Waals surface area contributed by atoms with Crippen molar-refractivity contribution in [3.63, 3.8) is 0 Å². The Hall–Kier alpha value is -0.860. The molecule has 1 aromatic carbocycles. The standard InChI is InChI=1S/C16H26N2/c1-11-5-12(2)7-15(6-11)16(8-17)18-9-13(3)14(4)10-18/h5-7,13-14,16H,8-10,17H2,1-4H3.